The largest absolute Gasteiger partial charge is 0.396 e. The second-order valence-corrected chi connectivity index (χ2v) is 3.80. The quantitative estimate of drug-likeness (QED) is 0.666. The van der Waals surface area contributed by atoms with E-state index in [4.69, 9.17) is 5.11 Å². The summed E-state index contributed by atoms with van der Waals surface area (Å²) in [7, 11) is 4.25. The molecular weight excluding hydrogens is 138 g/mol. The summed E-state index contributed by atoms with van der Waals surface area (Å²) in [6.07, 6.45) is 6.14. The van der Waals surface area contributed by atoms with Crippen LogP contribution in [-0.2, 0) is 0 Å². The van der Waals surface area contributed by atoms with E-state index >= 15 is 0 Å². The lowest BCUT2D eigenvalue weighted by Gasteiger charge is -2.35. The van der Waals surface area contributed by atoms with Crippen molar-refractivity contribution >= 4 is 0 Å². The van der Waals surface area contributed by atoms with Crippen molar-refractivity contribution in [3.8, 4) is 0 Å². The monoisotopic (exact) mass is 157 g/mol. The normalized spacial score (nSPS) is 22.9. The molecule has 0 spiro atoms. The van der Waals surface area contributed by atoms with Crippen LogP contribution in [0.1, 0.15) is 32.1 Å². The average Bonchev–Trinajstić information content (AvgIpc) is 2.38. The van der Waals surface area contributed by atoms with Crippen molar-refractivity contribution in [2.75, 3.05) is 20.7 Å². The summed E-state index contributed by atoms with van der Waals surface area (Å²) in [5, 5.41) is 8.91. The van der Waals surface area contributed by atoms with Gasteiger partial charge in [0.2, 0.25) is 0 Å². The Hall–Kier alpha value is -0.0800. The minimum absolute atomic E-state index is 0.328. The third kappa shape index (κ3) is 1.74. The summed E-state index contributed by atoms with van der Waals surface area (Å²) in [5.74, 6) is 0. The van der Waals surface area contributed by atoms with Gasteiger partial charge in [-0.05, 0) is 33.4 Å². The van der Waals surface area contributed by atoms with Gasteiger partial charge in [0.05, 0.1) is 0 Å². The van der Waals surface area contributed by atoms with Gasteiger partial charge in [-0.1, -0.05) is 12.8 Å². The van der Waals surface area contributed by atoms with Crippen LogP contribution < -0.4 is 0 Å². The van der Waals surface area contributed by atoms with E-state index in [9.17, 15) is 0 Å². The first-order valence-electron chi connectivity index (χ1n) is 4.49. The van der Waals surface area contributed by atoms with Crippen LogP contribution >= 0.6 is 0 Å². The highest BCUT2D eigenvalue weighted by Gasteiger charge is 2.34. The van der Waals surface area contributed by atoms with Crippen molar-refractivity contribution in [1.82, 2.24) is 4.90 Å². The number of rotatable bonds is 3. The summed E-state index contributed by atoms with van der Waals surface area (Å²) >= 11 is 0. The zero-order valence-electron chi connectivity index (χ0n) is 7.64. The molecule has 0 aromatic rings. The molecule has 1 saturated carbocycles. The van der Waals surface area contributed by atoms with Gasteiger partial charge < -0.3 is 10.0 Å². The SMILES string of the molecule is CN(C)C1(CCO)CCCC1. The van der Waals surface area contributed by atoms with Crippen LogP contribution in [0.4, 0.5) is 0 Å². The molecule has 1 aliphatic carbocycles. The maximum absolute atomic E-state index is 8.91. The Morgan fingerprint density at radius 1 is 1.27 bits per heavy atom. The van der Waals surface area contributed by atoms with Gasteiger partial charge in [0, 0.05) is 12.1 Å². The van der Waals surface area contributed by atoms with Crippen LogP contribution in [0.25, 0.3) is 0 Å². The van der Waals surface area contributed by atoms with Crippen LogP contribution in [0, 0.1) is 0 Å². The van der Waals surface area contributed by atoms with E-state index in [1.165, 1.54) is 25.7 Å². The Labute approximate surface area is 69.2 Å². The van der Waals surface area contributed by atoms with Gasteiger partial charge in [0.15, 0.2) is 0 Å². The van der Waals surface area contributed by atoms with E-state index in [1.54, 1.807) is 0 Å². The summed E-state index contributed by atoms with van der Waals surface area (Å²) in [4.78, 5) is 2.29. The molecule has 0 aromatic heterocycles. The first kappa shape index (κ1) is 9.01. The van der Waals surface area contributed by atoms with Crippen molar-refractivity contribution in [3.63, 3.8) is 0 Å². The molecule has 0 saturated heterocycles. The zero-order valence-corrected chi connectivity index (χ0v) is 7.64. The predicted octanol–water partition coefficient (Wildman–Crippen LogP) is 1.24. The van der Waals surface area contributed by atoms with E-state index in [0.29, 0.717) is 12.1 Å². The fourth-order valence-corrected chi connectivity index (χ4v) is 2.16. The lowest BCUT2D eigenvalue weighted by Crippen LogP contribution is -2.42. The van der Waals surface area contributed by atoms with Gasteiger partial charge >= 0.3 is 0 Å². The number of aliphatic hydroxyl groups excluding tert-OH is 1. The molecule has 0 amide bonds. The highest BCUT2D eigenvalue weighted by molar-refractivity contribution is 4.91. The van der Waals surface area contributed by atoms with E-state index in [2.05, 4.69) is 19.0 Å². The third-order valence-corrected chi connectivity index (χ3v) is 3.06. The van der Waals surface area contributed by atoms with Crippen molar-refractivity contribution in [2.45, 2.75) is 37.6 Å². The molecule has 1 aliphatic rings. The smallest absolute Gasteiger partial charge is 0.0448 e. The van der Waals surface area contributed by atoms with Crippen LogP contribution in [-0.4, -0.2) is 36.2 Å². The molecule has 0 radical (unpaired) electrons. The van der Waals surface area contributed by atoms with Gasteiger partial charge in [-0.15, -0.1) is 0 Å². The first-order chi connectivity index (χ1) is 5.21. The molecule has 11 heavy (non-hydrogen) atoms. The van der Waals surface area contributed by atoms with Gasteiger partial charge in [0.25, 0.3) is 0 Å². The molecule has 1 fully saturated rings. The molecule has 0 heterocycles. The van der Waals surface area contributed by atoms with Crippen molar-refractivity contribution in [2.24, 2.45) is 0 Å². The maximum Gasteiger partial charge on any atom is 0.0448 e. The molecular formula is C9H19NO. The predicted molar refractivity (Wildman–Crippen MR) is 46.6 cm³/mol. The highest BCUT2D eigenvalue weighted by atomic mass is 16.3. The second kappa shape index (κ2) is 3.55. The fraction of sp³-hybridized carbons (Fsp3) is 1.00. The lowest BCUT2D eigenvalue weighted by molar-refractivity contribution is 0.114. The standard InChI is InChI=1S/C9H19NO/c1-10(2)9(7-8-11)5-3-4-6-9/h11H,3-8H2,1-2H3. The average molecular weight is 157 g/mol. The van der Waals surface area contributed by atoms with Crippen molar-refractivity contribution in [3.05, 3.63) is 0 Å². The van der Waals surface area contributed by atoms with Crippen LogP contribution in [0.5, 0.6) is 0 Å². The second-order valence-electron chi connectivity index (χ2n) is 3.80. The molecule has 0 aromatic carbocycles. The maximum atomic E-state index is 8.91. The molecule has 66 valence electrons. The van der Waals surface area contributed by atoms with Crippen molar-refractivity contribution in [1.29, 1.82) is 0 Å². The molecule has 2 heteroatoms. The van der Waals surface area contributed by atoms with E-state index in [0.717, 1.165) is 6.42 Å². The first-order valence-corrected chi connectivity index (χ1v) is 4.49. The summed E-state index contributed by atoms with van der Waals surface area (Å²) < 4.78 is 0. The third-order valence-electron chi connectivity index (χ3n) is 3.06. The Balaban J connectivity index is 2.55. The van der Waals surface area contributed by atoms with Crippen molar-refractivity contribution < 1.29 is 5.11 Å². The number of aliphatic hydroxyl groups is 1. The number of hydrogen-bond donors (Lipinski definition) is 1. The molecule has 1 rings (SSSR count). The molecule has 0 bridgehead atoms. The molecule has 0 aliphatic heterocycles. The van der Waals surface area contributed by atoms with Gasteiger partial charge in [-0.25, -0.2) is 0 Å². The fourth-order valence-electron chi connectivity index (χ4n) is 2.16. The number of nitrogens with zero attached hydrogens (tertiary/aromatic N) is 1. The van der Waals surface area contributed by atoms with Gasteiger partial charge in [0.1, 0.15) is 0 Å². The van der Waals surface area contributed by atoms with E-state index in [1.807, 2.05) is 0 Å². The summed E-state index contributed by atoms with van der Waals surface area (Å²) in [6.45, 7) is 0.332. The summed E-state index contributed by atoms with van der Waals surface area (Å²) in [5.41, 5.74) is 0.328. The molecule has 2 nitrogen and oxygen atoms in total. The topological polar surface area (TPSA) is 23.5 Å². The Morgan fingerprint density at radius 2 is 1.82 bits per heavy atom. The Bertz CT molecular complexity index is 117. The number of hydrogen-bond acceptors (Lipinski definition) is 2. The minimum atomic E-state index is 0.328. The Morgan fingerprint density at radius 3 is 2.18 bits per heavy atom. The molecule has 1 N–H and O–H groups in total. The van der Waals surface area contributed by atoms with Crippen LogP contribution in [0.3, 0.4) is 0 Å². The van der Waals surface area contributed by atoms with Crippen LogP contribution in [0.2, 0.25) is 0 Å². The molecule has 0 atom stereocenters. The minimum Gasteiger partial charge on any atom is -0.396 e. The van der Waals surface area contributed by atoms with Gasteiger partial charge in [-0.3, -0.25) is 0 Å². The lowest BCUT2D eigenvalue weighted by atomic mass is 9.92. The van der Waals surface area contributed by atoms with Crippen LogP contribution in [0.15, 0.2) is 0 Å². The zero-order chi connectivity index (χ0) is 8.32. The van der Waals surface area contributed by atoms with Gasteiger partial charge in [-0.2, -0.15) is 0 Å². The summed E-state index contributed by atoms with van der Waals surface area (Å²) in [6, 6.07) is 0. The Kier molecular flexibility index (Phi) is 2.90. The molecule has 0 unspecified atom stereocenters. The van der Waals surface area contributed by atoms with E-state index < -0.39 is 0 Å². The van der Waals surface area contributed by atoms with E-state index in [-0.39, 0.29) is 0 Å². The highest BCUT2D eigenvalue weighted by Crippen LogP contribution is 2.36.